The quantitative estimate of drug-likeness (QED) is 0.669. The Labute approximate surface area is 126 Å². The fraction of sp³-hybridized carbons (Fsp3) is 0.533. The van der Waals surface area contributed by atoms with Gasteiger partial charge in [-0.15, -0.1) is 0 Å². The zero-order chi connectivity index (χ0) is 15.7. The molecule has 6 nitrogen and oxygen atoms in total. The summed E-state index contributed by atoms with van der Waals surface area (Å²) in [6.45, 7) is 4.07. The number of para-hydroxylation sites is 2. The Morgan fingerprint density at radius 3 is 2.67 bits per heavy atom. The minimum absolute atomic E-state index is 0.105. The molecular weight excluding hydrogens is 270 g/mol. The lowest BCUT2D eigenvalue weighted by molar-refractivity contribution is -0.118. The number of benzene rings is 1. The van der Waals surface area contributed by atoms with Crippen molar-refractivity contribution in [3.8, 4) is 0 Å². The molecule has 0 fully saturated rings. The van der Waals surface area contributed by atoms with Crippen molar-refractivity contribution in [3.63, 3.8) is 0 Å². The average molecular weight is 295 g/mol. The van der Waals surface area contributed by atoms with Crippen molar-refractivity contribution in [1.29, 1.82) is 0 Å². The molecule has 1 unspecified atom stereocenters. The van der Waals surface area contributed by atoms with Crippen LogP contribution in [0.2, 0.25) is 0 Å². The predicted octanol–water partition coefficient (Wildman–Crippen LogP) is 1.19. The second-order valence-electron chi connectivity index (χ2n) is 4.90. The van der Waals surface area contributed by atoms with Gasteiger partial charge in [0.1, 0.15) is 0 Å². The minimum Gasteiger partial charge on any atom is -0.397 e. The Morgan fingerprint density at radius 1 is 1.33 bits per heavy atom. The molecule has 6 heteroatoms. The summed E-state index contributed by atoms with van der Waals surface area (Å²) < 4.78 is 10.2. The smallest absolute Gasteiger partial charge is 0.238 e. The minimum atomic E-state index is -0.105. The Morgan fingerprint density at radius 2 is 2.05 bits per heavy atom. The average Bonchev–Trinajstić information content (AvgIpc) is 2.46. The third kappa shape index (κ3) is 6.12. The summed E-state index contributed by atoms with van der Waals surface area (Å²) in [6, 6.07) is 7.33. The molecule has 0 aliphatic rings. The number of nitrogens with zero attached hydrogens (tertiary/aromatic N) is 1. The van der Waals surface area contributed by atoms with E-state index in [4.69, 9.17) is 15.2 Å². The summed E-state index contributed by atoms with van der Waals surface area (Å²) in [5.41, 5.74) is 7.01. The van der Waals surface area contributed by atoms with Crippen LogP contribution in [0.25, 0.3) is 0 Å². The van der Waals surface area contributed by atoms with Crippen LogP contribution in [0.15, 0.2) is 24.3 Å². The van der Waals surface area contributed by atoms with Gasteiger partial charge in [0.2, 0.25) is 5.91 Å². The number of carbonyl (C=O) groups excluding carboxylic acids is 1. The molecule has 1 atom stereocenters. The van der Waals surface area contributed by atoms with E-state index >= 15 is 0 Å². The Balaban J connectivity index is 2.60. The summed E-state index contributed by atoms with van der Waals surface area (Å²) in [5.74, 6) is -0.105. The number of hydrogen-bond acceptors (Lipinski definition) is 5. The standard InChI is InChI=1S/C15H25N3O3/c1-12(11-21-3)18(8-9-20-2)10-15(19)17-14-7-5-4-6-13(14)16/h4-7,12H,8-11,16H2,1-3H3,(H,17,19). The van der Waals surface area contributed by atoms with E-state index in [0.29, 0.717) is 31.1 Å². The molecule has 0 bridgehead atoms. The van der Waals surface area contributed by atoms with Crippen molar-refractivity contribution in [2.24, 2.45) is 0 Å². The molecule has 0 aliphatic carbocycles. The number of hydrogen-bond donors (Lipinski definition) is 2. The molecule has 1 aromatic rings. The first kappa shape index (κ1) is 17.4. The van der Waals surface area contributed by atoms with E-state index in [1.54, 1.807) is 26.4 Å². The van der Waals surface area contributed by atoms with Crippen LogP contribution in [0.5, 0.6) is 0 Å². The lowest BCUT2D eigenvalue weighted by atomic mass is 10.2. The molecule has 0 saturated carbocycles. The molecule has 3 N–H and O–H groups in total. The van der Waals surface area contributed by atoms with E-state index < -0.39 is 0 Å². The van der Waals surface area contributed by atoms with E-state index in [9.17, 15) is 4.79 Å². The number of anilines is 2. The van der Waals surface area contributed by atoms with Crippen LogP contribution < -0.4 is 11.1 Å². The van der Waals surface area contributed by atoms with Crippen LogP contribution in [0, 0.1) is 0 Å². The first-order valence-corrected chi connectivity index (χ1v) is 6.94. The van der Waals surface area contributed by atoms with Crippen molar-refractivity contribution in [1.82, 2.24) is 4.90 Å². The Hall–Kier alpha value is -1.63. The van der Waals surface area contributed by atoms with E-state index in [2.05, 4.69) is 5.32 Å². The summed E-state index contributed by atoms with van der Waals surface area (Å²) >= 11 is 0. The number of nitrogens with one attached hydrogen (secondary N) is 1. The van der Waals surface area contributed by atoms with Crippen molar-refractivity contribution in [2.45, 2.75) is 13.0 Å². The van der Waals surface area contributed by atoms with Crippen LogP contribution in [0.1, 0.15) is 6.92 Å². The Bertz CT molecular complexity index is 440. The summed E-state index contributed by atoms with van der Waals surface area (Å²) in [6.07, 6.45) is 0. The van der Waals surface area contributed by atoms with E-state index in [1.165, 1.54) is 0 Å². The number of rotatable bonds is 9. The van der Waals surface area contributed by atoms with Gasteiger partial charge in [-0.05, 0) is 19.1 Å². The summed E-state index contributed by atoms with van der Waals surface area (Å²) in [4.78, 5) is 14.2. The van der Waals surface area contributed by atoms with Crippen molar-refractivity contribution in [3.05, 3.63) is 24.3 Å². The molecule has 1 aromatic carbocycles. The van der Waals surface area contributed by atoms with Gasteiger partial charge in [-0.25, -0.2) is 0 Å². The number of nitrogen functional groups attached to an aromatic ring is 1. The van der Waals surface area contributed by atoms with Crippen molar-refractivity contribution < 1.29 is 14.3 Å². The fourth-order valence-electron chi connectivity index (χ4n) is 2.00. The largest absolute Gasteiger partial charge is 0.397 e. The van der Waals surface area contributed by atoms with Gasteiger partial charge < -0.3 is 20.5 Å². The SMILES string of the molecule is COCCN(CC(=O)Nc1ccccc1N)C(C)COC. The molecule has 1 rings (SSSR count). The van der Waals surface area contributed by atoms with Crippen LogP contribution in [-0.2, 0) is 14.3 Å². The van der Waals surface area contributed by atoms with E-state index in [0.717, 1.165) is 0 Å². The van der Waals surface area contributed by atoms with Gasteiger partial charge in [-0.1, -0.05) is 12.1 Å². The molecule has 0 aliphatic heterocycles. The third-order valence-corrected chi connectivity index (χ3v) is 3.20. The van der Waals surface area contributed by atoms with Crippen molar-refractivity contribution >= 4 is 17.3 Å². The van der Waals surface area contributed by atoms with E-state index in [1.807, 2.05) is 24.0 Å². The van der Waals surface area contributed by atoms with Gasteiger partial charge in [0.15, 0.2) is 0 Å². The summed E-state index contributed by atoms with van der Waals surface area (Å²) in [7, 11) is 3.29. The maximum atomic E-state index is 12.2. The van der Waals surface area contributed by atoms with Gasteiger partial charge in [0, 0.05) is 26.8 Å². The van der Waals surface area contributed by atoms with Crippen LogP contribution >= 0.6 is 0 Å². The molecule has 0 spiro atoms. The summed E-state index contributed by atoms with van der Waals surface area (Å²) in [5, 5.41) is 2.83. The lowest BCUT2D eigenvalue weighted by Gasteiger charge is -2.27. The highest BCUT2D eigenvalue weighted by Gasteiger charge is 2.17. The first-order chi connectivity index (χ1) is 10.1. The first-order valence-electron chi connectivity index (χ1n) is 6.94. The molecule has 21 heavy (non-hydrogen) atoms. The molecule has 118 valence electrons. The predicted molar refractivity (Wildman–Crippen MR) is 84.3 cm³/mol. The molecule has 0 aromatic heterocycles. The van der Waals surface area contributed by atoms with Crippen LogP contribution in [0.3, 0.4) is 0 Å². The van der Waals surface area contributed by atoms with Gasteiger partial charge in [0.05, 0.1) is 31.1 Å². The van der Waals surface area contributed by atoms with Gasteiger partial charge in [-0.2, -0.15) is 0 Å². The third-order valence-electron chi connectivity index (χ3n) is 3.20. The number of methoxy groups -OCH3 is 2. The van der Waals surface area contributed by atoms with Crippen LogP contribution in [0.4, 0.5) is 11.4 Å². The van der Waals surface area contributed by atoms with Gasteiger partial charge in [0.25, 0.3) is 0 Å². The number of nitrogens with two attached hydrogens (primary N) is 1. The second kappa shape index (κ2) is 9.33. The highest BCUT2D eigenvalue weighted by atomic mass is 16.5. The second-order valence-corrected chi connectivity index (χ2v) is 4.90. The Kier molecular flexibility index (Phi) is 7.74. The molecule has 0 saturated heterocycles. The zero-order valence-corrected chi connectivity index (χ0v) is 13.0. The van der Waals surface area contributed by atoms with Gasteiger partial charge >= 0.3 is 0 Å². The normalized spacial score (nSPS) is 12.4. The number of amides is 1. The number of ether oxygens (including phenoxy) is 2. The maximum Gasteiger partial charge on any atom is 0.238 e. The monoisotopic (exact) mass is 295 g/mol. The molecule has 0 radical (unpaired) electrons. The van der Waals surface area contributed by atoms with Crippen molar-refractivity contribution in [2.75, 3.05) is 51.6 Å². The topological polar surface area (TPSA) is 76.8 Å². The molecular formula is C15H25N3O3. The van der Waals surface area contributed by atoms with Gasteiger partial charge in [-0.3, -0.25) is 9.69 Å². The molecule has 0 heterocycles. The van der Waals surface area contributed by atoms with E-state index in [-0.39, 0.29) is 18.5 Å². The fourth-order valence-corrected chi connectivity index (χ4v) is 2.00. The zero-order valence-electron chi connectivity index (χ0n) is 13.0. The molecule has 1 amide bonds. The highest BCUT2D eigenvalue weighted by molar-refractivity contribution is 5.95. The lowest BCUT2D eigenvalue weighted by Crippen LogP contribution is -2.43. The number of carbonyl (C=O) groups is 1. The maximum absolute atomic E-state index is 12.2. The van der Waals surface area contributed by atoms with Crippen LogP contribution in [-0.4, -0.2) is 57.4 Å². The highest BCUT2D eigenvalue weighted by Crippen LogP contribution is 2.16.